The van der Waals surface area contributed by atoms with Crippen molar-refractivity contribution in [2.75, 3.05) is 4.72 Å². The summed E-state index contributed by atoms with van der Waals surface area (Å²) >= 11 is 0. The van der Waals surface area contributed by atoms with E-state index in [0.717, 1.165) is 12.1 Å². The lowest BCUT2D eigenvalue weighted by Crippen LogP contribution is -2.39. The van der Waals surface area contributed by atoms with E-state index in [1.165, 1.54) is 12.1 Å². The minimum absolute atomic E-state index is 0.0664. The van der Waals surface area contributed by atoms with Crippen LogP contribution in [0, 0.1) is 10.1 Å². The van der Waals surface area contributed by atoms with Crippen molar-refractivity contribution in [1.82, 2.24) is 4.72 Å². The molecule has 0 aliphatic carbocycles. The quantitative estimate of drug-likeness (QED) is 0.643. The fourth-order valence-electron chi connectivity index (χ4n) is 1.24. The van der Waals surface area contributed by atoms with Crippen molar-refractivity contribution in [2.24, 2.45) is 0 Å². The monoisotopic (exact) mass is 317 g/mol. The number of ether oxygens (including phenoxy) is 1. The van der Waals surface area contributed by atoms with E-state index in [4.69, 9.17) is 4.74 Å². The number of carbonyl (C=O) groups is 1. The summed E-state index contributed by atoms with van der Waals surface area (Å²) in [5, 5.41) is 10.5. The average Bonchev–Trinajstić information content (AvgIpc) is 2.24. The first-order valence-corrected chi connectivity index (χ1v) is 7.25. The lowest BCUT2D eigenvalue weighted by molar-refractivity contribution is -0.384. The number of nitro groups is 1. The molecule has 0 saturated carbocycles. The number of amides is 1. The molecule has 21 heavy (non-hydrogen) atoms. The number of hydrogen-bond acceptors (Lipinski definition) is 6. The van der Waals surface area contributed by atoms with Crippen LogP contribution in [0.2, 0.25) is 0 Å². The fraction of sp³-hybridized carbons (Fsp3) is 0.364. The highest BCUT2D eigenvalue weighted by molar-refractivity contribution is 7.91. The second-order valence-corrected chi connectivity index (χ2v) is 6.43. The van der Waals surface area contributed by atoms with Gasteiger partial charge >= 0.3 is 16.3 Å². The summed E-state index contributed by atoms with van der Waals surface area (Å²) in [4.78, 5) is 21.2. The van der Waals surface area contributed by atoms with Crippen molar-refractivity contribution in [3.8, 4) is 0 Å². The molecule has 0 aliphatic rings. The highest BCUT2D eigenvalue weighted by Gasteiger charge is 2.21. The Balaban J connectivity index is 2.72. The van der Waals surface area contributed by atoms with Crippen LogP contribution in [0.15, 0.2) is 24.3 Å². The number of rotatable bonds is 4. The lowest BCUT2D eigenvalue weighted by Gasteiger charge is -2.19. The molecule has 0 spiro atoms. The Labute approximate surface area is 121 Å². The Morgan fingerprint density at radius 2 is 1.76 bits per heavy atom. The first-order chi connectivity index (χ1) is 9.48. The van der Waals surface area contributed by atoms with Gasteiger partial charge in [0.15, 0.2) is 0 Å². The highest BCUT2D eigenvalue weighted by atomic mass is 32.2. The molecule has 1 amide bonds. The predicted octanol–water partition coefficient (Wildman–Crippen LogP) is 1.78. The van der Waals surface area contributed by atoms with Gasteiger partial charge in [0.1, 0.15) is 5.60 Å². The molecule has 1 aromatic rings. The third-order valence-electron chi connectivity index (χ3n) is 1.95. The van der Waals surface area contributed by atoms with E-state index in [-0.39, 0.29) is 11.4 Å². The van der Waals surface area contributed by atoms with Gasteiger partial charge in [0.25, 0.3) is 5.69 Å². The summed E-state index contributed by atoms with van der Waals surface area (Å²) in [6, 6.07) is 4.66. The summed E-state index contributed by atoms with van der Waals surface area (Å²) in [7, 11) is -4.18. The van der Waals surface area contributed by atoms with E-state index < -0.39 is 26.8 Å². The normalized spacial score (nSPS) is 11.6. The second kappa shape index (κ2) is 5.95. The molecule has 1 rings (SSSR count). The number of benzene rings is 1. The van der Waals surface area contributed by atoms with E-state index in [1.807, 2.05) is 4.72 Å². The molecule has 9 nitrogen and oxygen atoms in total. The van der Waals surface area contributed by atoms with Gasteiger partial charge in [-0.1, -0.05) is 0 Å². The predicted molar refractivity (Wildman–Crippen MR) is 75.0 cm³/mol. The van der Waals surface area contributed by atoms with Crippen LogP contribution in [0.3, 0.4) is 0 Å². The maximum absolute atomic E-state index is 11.7. The van der Waals surface area contributed by atoms with Gasteiger partial charge in [-0.2, -0.15) is 8.42 Å². The molecule has 1 aromatic carbocycles. The average molecular weight is 317 g/mol. The summed E-state index contributed by atoms with van der Waals surface area (Å²) < 4.78 is 31.8. The van der Waals surface area contributed by atoms with Crippen molar-refractivity contribution < 1.29 is 22.9 Å². The summed E-state index contributed by atoms with van der Waals surface area (Å²) in [5.41, 5.74) is -0.956. The van der Waals surface area contributed by atoms with Crippen LogP contribution >= 0.6 is 0 Å². The maximum Gasteiger partial charge on any atom is 0.422 e. The van der Waals surface area contributed by atoms with E-state index in [2.05, 4.69) is 0 Å². The van der Waals surface area contributed by atoms with Gasteiger partial charge < -0.3 is 4.74 Å². The fourth-order valence-corrected chi connectivity index (χ4v) is 2.00. The summed E-state index contributed by atoms with van der Waals surface area (Å²) in [6.07, 6.45) is -1.13. The molecule has 0 atom stereocenters. The van der Waals surface area contributed by atoms with Crippen molar-refractivity contribution in [1.29, 1.82) is 0 Å². The largest absolute Gasteiger partial charge is 0.443 e. The Bertz CT molecular complexity index is 633. The molecule has 0 bridgehead atoms. The number of non-ortho nitro benzene ring substituents is 1. The van der Waals surface area contributed by atoms with Crippen LogP contribution in [0.4, 0.5) is 16.2 Å². The molecule has 0 unspecified atom stereocenters. The number of carbonyl (C=O) groups excluding carboxylic acids is 1. The molecular formula is C11H15N3O6S. The Hall–Kier alpha value is -2.36. The van der Waals surface area contributed by atoms with Crippen LogP contribution in [-0.4, -0.2) is 25.0 Å². The Morgan fingerprint density at radius 3 is 2.19 bits per heavy atom. The summed E-state index contributed by atoms with van der Waals surface area (Å²) in [5.74, 6) is 0. The molecule has 116 valence electrons. The van der Waals surface area contributed by atoms with Gasteiger partial charge in [0.05, 0.1) is 10.6 Å². The van der Waals surface area contributed by atoms with Crippen molar-refractivity contribution >= 4 is 27.7 Å². The second-order valence-electron chi connectivity index (χ2n) is 5.01. The van der Waals surface area contributed by atoms with Gasteiger partial charge in [0, 0.05) is 12.1 Å². The van der Waals surface area contributed by atoms with Crippen LogP contribution in [0.5, 0.6) is 0 Å². The third-order valence-corrected chi connectivity index (χ3v) is 2.89. The number of anilines is 1. The molecule has 0 saturated heterocycles. The third kappa shape index (κ3) is 6.08. The standard InChI is InChI=1S/C11H15N3O6S/c1-11(2,3)20-10(15)13-21(18,19)12-8-4-6-9(7-5-8)14(16)17/h4-7,12H,1-3H3,(H,13,15). The van der Waals surface area contributed by atoms with Gasteiger partial charge in [-0.25, -0.2) is 9.52 Å². The molecule has 0 heterocycles. The zero-order valence-corrected chi connectivity index (χ0v) is 12.4. The van der Waals surface area contributed by atoms with Crippen molar-refractivity contribution in [2.45, 2.75) is 26.4 Å². The van der Waals surface area contributed by atoms with E-state index in [0.29, 0.717) is 0 Å². The molecule has 10 heteroatoms. The topological polar surface area (TPSA) is 128 Å². The number of nitrogens with zero attached hydrogens (tertiary/aromatic N) is 1. The number of nitro benzene ring substituents is 1. The van der Waals surface area contributed by atoms with Gasteiger partial charge in [-0.3, -0.25) is 14.8 Å². The minimum atomic E-state index is -4.18. The molecule has 2 N–H and O–H groups in total. The SMILES string of the molecule is CC(C)(C)OC(=O)NS(=O)(=O)Nc1ccc([N+](=O)[O-])cc1. The first kappa shape index (κ1) is 16.7. The van der Waals surface area contributed by atoms with Crippen molar-refractivity contribution in [3.63, 3.8) is 0 Å². The van der Waals surface area contributed by atoms with E-state index in [9.17, 15) is 23.3 Å². The minimum Gasteiger partial charge on any atom is -0.443 e. The Morgan fingerprint density at radius 1 is 1.24 bits per heavy atom. The first-order valence-electron chi connectivity index (χ1n) is 5.76. The zero-order chi connectivity index (χ0) is 16.3. The molecule has 0 radical (unpaired) electrons. The van der Waals surface area contributed by atoms with E-state index in [1.54, 1.807) is 25.5 Å². The van der Waals surface area contributed by atoms with Crippen LogP contribution in [0.1, 0.15) is 20.8 Å². The van der Waals surface area contributed by atoms with Crippen LogP contribution < -0.4 is 9.44 Å². The molecule has 0 aliphatic heterocycles. The maximum atomic E-state index is 11.7. The van der Waals surface area contributed by atoms with Crippen molar-refractivity contribution in [3.05, 3.63) is 34.4 Å². The van der Waals surface area contributed by atoms with Crippen LogP contribution in [0.25, 0.3) is 0 Å². The summed E-state index contributed by atoms with van der Waals surface area (Å²) in [6.45, 7) is 4.76. The lowest BCUT2D eigenvalue weighted by atomic mass is 10.2. The van der Waals surface area contributed by atoms with Gasteiger partial charge in [-0.15, -0.1) is 0 Å². The van der Waals surface area contributed by atoms with E-state index >= 15 is 0 Å². The molecule has 0 aromatic heterocycles. The Kier molecular flexibility index (Phi) is 4.73. The molecule has 0 fully saturated rings. The number of hydrogen-bond donors (Lipinski definition) is 2. The molecular weight excluding hydrogens is 302 g/mol. The number of nitrogens with one attached hydrogen (secondary N) is 2. The highest BCUT2D eigenvalue weighted by Crippen LogP contribution is 2.16. The van der Waals surface area contributed by atoms with Gasteiger partial charge in [0.2, 0.25) is 0 Å². The zero-order valence-electron chi connectivity index (χ0n) is 11.6. The van der Waals surface area contributed by atoms with Gasteiger partial charge in [-0.05, 0) is 32.9 Å². The van der Waals surface area contributed by atoms with Crippen LogP contribution in [-0.2, 0) is 14.9 Å². The smallest absolute Gasteiger partial charge is 0.422 e.